The van der Waals surface area contributed by atoms with E-state index in [1.165, 1.54) is 69.8 Å². The number of anilines is 2. The van der Waals surface area contributed by atoms with E-state index in [2.05, 4.69) is 45.6 Å². The van der Waals surface area contributed by atoms with E-state index in [0.29, 0.717) is 16.9 Å². The highest BCUT2D eigenvalue weighted by Crippen LogP contribution is 2.25. The van der Waals surface area contributed by atoms with E-state index in [4.69, 9.17) is 17.3 Å². The Balaban J connectivity index is 1.34. The van der Waals surface area contributed by atoms with Gasteiger partial charge in [0.2, 0.25) is 0 Å². The number of rotatable bonds is 4. The molecular weight excluding hydrogens is 440 g/mol. The second-order valence-electron chi connectivity index (χ2n) is 9.67. The van der Waals surface area contributed by atoms with Gasteiger partial charge in [-0.2, -0.15) is 0 Å². The van der Waals surface area contributed by atoms with Crippen molar-refractivity contribution in [2.24, 2.45) is 0 Å². The number of nitrogens with two attached hydrogens (primary N) is 1. The largest absolute Gasteiger partial charge is 0.384 e. The maximum atomic E-state index is 6.16. The maximum absolute atomic E-state index is 6.16. The molecule has 0 radical (unpaired) electrons. The molecule has 0 amide bonds. The Kier molecular flexibility index (Phi) is 8.81. The van der Waals surface area contributed by atoms with Crippen LogP contribution < -0.4 is 11.1 Å². The van der Waals surface area contributed by atoms with Crippen LogP contribution in [0.5, 0.6) is 0 Å². The Labute approximate surface area is 209 Å². The first kappa shape index (κ1) is 24.5. The number of pyridine rings is 2. The Morgan fingerprint density at radius 1 is 1.00 bits per heavy atom. The van der Waals surface area contributed by atoms with Gasteiger partial charge >= 0.3 is 0 Å². The van der Waals surface area contributed by atoms with Crippen molar-refractivity contribution < 1.29 is 0 Å². The zero-order valence-electron chi connectivity index (χ0n) is 20.3. The first-order valence-corrected chi connectivity index (χ1v) is 13.2. The number of halogens is 1. The fourth-order valence-corrected chi connectivity index (χ4v) is 5.13. The number of hydrogen-bond acceptors (Lipinski definition) is 4. The third-order valence-electron chi connectivity index (χ3n) is 6.85. The molecule has 1 unspecified atom stereocenters. The number of nitrogens with one attached hydrogen (secondary N) is 1. The molecule has 0 spiro atoms. The molecular formula is C29H37ClN4. The van der Waals surface area contributed by atoms with Crippen LogP contribution >= 0.6 is 11.6 Å². The van der Waals surface area contributed by atoms with Crippen LogP contribution in [0.25, 0.3) is 10.9 Å². The molecule has 4 rings (SSSR count). The van der Waals surface area contributed by atoms with Crippen LogP contribution in [0.4, 0.5) is 11.5 Å². The molecule has 3 aromatic rings. The molecule has 5 heteroatoms. The predicted octanol–water partition coefficient (Wildman–Crippen LogP) is 8.04. The molecule has 0 fully saturated rings. The minimum absolute atomic E-state index is 0.510. The minimum atomic E-state index is 0.510. The molecule has 1 atom stereocenters. The molecule has 1 aromatic carbocycles. The molecule has 0 saturated heterocycles. The van der Waals surface area contributed by atoms with Gasteiger partial charge in [0.15, 0.2) is 0 Å². The average molecular weight is 477 g/mol. The van der Waals surface area contributed by atoms with Gasteiger partial charge in [0.05, 0.1) is 21.9 Å². The number of fused-ring (bicyclic) bond motifs is 1. The third-order valence-corrected chi connectivity index (χ3v) is 7.06. The van der Waals surface area contributed by atoms with E-state index in [-0.39, 0.29) is 0 Å². The van der Waals surface area contributed by atoms with Crippen molar-refractivity contribution in [1.82, 2.24) is 9.97 Å². The van der Waals surface area contributed by atoms with Gasteiger partial charge in [-0.1, -0.05) is 55.0 Å². The Hall–Kier alpha value is -2.59. The number of allylic oxidation sites excluding steroid dienone is 2. The summed E-state index contributed by atoms with van der Waals surface area (Å²) in [6, 6.07) is 13.1. The average Bonchev–Trinajstić information content (AvgIpc) is 2.83. The van der Waals surface area contributed by atoms with Gasteiger partial charge in [0.25, 0.3) is 0 Å². The normalized spacial score (nSPS) is 19.9. The molecule has 1 aliphatic rings. The molecule has 0 aliphatic heterocycles. The van der Waals surface area contributed by atoms with Crippen molar-refractivity contribution in [2.75, 3.05) is 11.1 Å². The fourth-order valence-electron chi connectivity index (χ4n) is 4.97. The molecule has 2 aromatic heterocycles. The van der Waals surface area contributed by atoms with Gasteiger partial charge in [0, 0.05) is 17.6 Å². The number of benzene rings is 1. The van der Waals surface area contributed by atoms with Crippen LogP contribution in [0.3, 0.4) is 0 Å². The van der Waals surface area contributed by atoms with Crippen LogP contribution in [0.15, 0.2) is 54.2 Å². The second-order valence-corrected chi connectivity index (χ2v) is 10.1. The van der Waals surface area contributed by atoms with Crippen LogP contribution in [-0.2, 0) is 6.42 Å². The van der Waals surface area contributed by atoms with Crippen molar-refractivity contribution in [3.63, 3.8) is 0 Å². The van der Waals surface area contributed by atoms with E-state index in [1.54, 1.807) is 11.8 Å². The van der Waals surface area contributed by atoms with Crippen LogP contribution in [0.2, 0.25) is 5.02 Å². The monoisotopic (exact) mass is 476 g/mol. The lowest BCUT2D eigenvalue weighted by Gasteiger charge is -2.21. The second kappa shape index (κ2) is 12.2. The highest BCUT2D eigenvalue weighted by molar-refractivity contribution is 6.31. The lowest BCUT2D eigenvalue weighted by atomic mass is 9.96. The fraction of sp³-hybridized carbons (Fsp3) is 0.448. The first-order valence-electron chi connectivity index (χ1n) is 12.8. The summed E-state index contributed by atoms with van der Waals surface area (Å²) in [7, 11) is 0. The Morgan fingerprint density at radius 3 is 2.65 bits per heavy atom. The van der Waals surface area contributed by atoms with E-state index >= 15 is 0 Å². The topological polar surface area (TPSA) is 63.8 Å². The lowest BCUT2D eigenvalue weighted by Crippen LogP contribution is -2.20. The summed E-state index contributed by atoms with van der Waals surface area (Å²) in [6.07, 6.45) is 17.6. The van der Waals surface area contributed by atoms with Gasteiger partial charge in [-0.3, -0.25) is 4.98 Å². The van der Waals surface area contributed by atoms with Crippen molar-refractivity contribution in [3.8, 4) is 0 Å². The number of hydrogen-bond donors (Lipinski definition) is 2. The molecule has 0 saturated carbocycles. The van der Waals surface area contributed by atoms with Crippen LogP contribution in [-0.4, -0.2) is 16.0 Å². The number of aromatic nitrogens is 2. The zero-order valence-corrected chi connectivity index (χ0v) is 21.1. The highest BCUT2D eigenvalue weighted by atomic mass is 35.5. The molecule has 1 aliphatic carbocycles. The van der Waals surface area contributed by atoms with Crippen molar-refractivity contribution >= 4 is 34.0 Å². The Bertz CT molecular complexity index is 1120. The van der Waals surface area contributed by atoms with Gasteiger partial charge in [-0.25, -0.2) is 4.98 Å². The van der Waals surface area contributed by atoms with Crippen LogP contribution in [0.1, 0.15) is 75.5 Å². The molecule has 180 valence electrons. The number of nitrogens with zero attached hydrogens (tertiary/aromatic N) is 2. The highest BCUT2D eigenvalue weighted by Gasteiger charge is 2.12. The van der Waals surface area contributed by atoms with Gasteiger partial charge in [0.1, 0.15) is 5.82 Å². The van der Waals surface area contributed by atoms with Crippen molar-refractivity contribution in [1.29, 1.82) is 0 Å². The summed E-state index contributed by atoms with van der Waals surface area (Å²) in [6.45, 7) is 2.03. The van der Waals surface area contributed by atoms with E-state index in [9.17, 15) is 0 Å². The van der Waals surface area contributed by atoms with Crippen molar-refractivity contribution in [2.45, 2.75) is 83.6 Å². The summed E-state index contributed by atoms with van der Waals surface area (Å²) in [4.78, 5) is 8.84. The Morgan fingerprint density at radius 2 is 1.82 bits per heavy atom. The molecule has 0 bridgehead atoms. The smallest absolute Gasteiger partial charge is 0.123 e. The predicted molar refractivity (Wildman–Crippen MR) is 146 cm³/mol. The van der Waals surface area contributed by atoms with E-state index in [0.717, 1.165) is 28.7 Å². The third kappa shape index (κ3) is 7.20. The minimum Gasteiger partial charge on any atom is -0.384 e. The van der Waals surface area contributed by atoms with E-state index in [1.807, 2.05) is 19.1 Å². The standard InChI is InChI=1S/C29H37ClN4/c1-21-27(15-16-29(31)33-21)34-26-11-7-3-2-5-9-22(10-6-4-8-12-26)17-23-13-14-28-24(18-23)19-25(30)20-32-28/h9,13-16,18-20,26,34H,2-8,10-12,17H2,1H3,(H2,31,33)/b22-9+. The van der Waals surface area contributed by atoms with Gasteiger partial charge in [-0.05, 0) is 87.8 Å². The summed E-state index contributed by atoms with van der Waals surface area (Å²) in [5, 5.41) is 5.58. The van der Waals surface area contributed by atoms with Crippen LogP contribution in [0, 0.1) is 6.92 Å². The molecule has 34 heavy (non-hydrogen) atoms. The SMILES string of the molecule is Cc1nc(N)ccc1NC1CCCCC/C=C(/Cc2ccc3ncc(Cl)cc3c2)CCCCC1. The number of aryl methyl sites for hydroxylation is 1. The van der Waals surface area contributed by atoms with Crippen molar-refractivity contribution in [3.05, 3.63) is 70.5 Å². The summed E-state index contributed by atoms with van der Waals surface area (Å²) in [5.74, 6) is 0.588. The lowest BCUT2D eigenvalue weighted by molar-refractivity contribution is 0.520. The summed E-state index contributed by atoms with van der Waals surface area (Å²) >= 11 is 6.16. The first-order chi connectivity index (χ1) is 16.6. The molecule has 2 heterocycles. The number of nitrogen functional groups attached to an aromatic ring is 1. The quantitative estimate of drug-likeness (QED) is 0.374. The molecule has 4 nitrogen and oxygen atoms in total. The van der Waals surface area contributed by atoms with Gasteiger partial charge in [-0.15, -0.1) is 0 Å². The maximum Gasteiger partial charge on any atom is 0.123 e. The zero-order chi connectivity index (χ0) is 23.8. The van der Waals surface area contributed by atoms with E-state index < -0.39 is 0 Å². The summed E-state index contributed by atoms with van der Waals surface area (Å²) < 4.78 is 0. The molecule has 3 N–H and O–H groups in total. The summed E-state index contributed by atoms with van der Waals surface area (Å²) in [5.41, 5.74) is 11.9. The van der Waals surface area contributed by atoms with Gasteiger partial charge < -0.3 is 11.1 Å².